The minimum absolute atomic E-state index is 0.0841. The number of nitrogens with zero attached hydrogens (tertiary/aromatic N) is 2. The van der Waals surface area contributed by atoms with E-state index in [9.17, 15) is 4.79 Å². The zero-order valence-electron chi connectivity index (χ0n) is 12.4. The van der Waals surface area contributed by atoms with E-state index >= 15 is 0 Å². The summed E-state index contributed by atoms with van der Waals surface area (Å²) in [5.41, 5.74) is 5.78. The van der Waals surface area contributed by atoms with Gasteiger partial charge >= 0.3 is 6.09 Å². The zero-order valence-corrected chi connectivity index (χ0v) is 12.4. The summed E-state index contributed by atoms with van der Waals surface area (Å²) < 4.78 is 4.98. The topological polar surface area (TPSA) is 80.0 Å². The van der Waals surface area contributed by atoms with Gasteiger partial charge in [-0.15, -0.1) is 0 Å². The van der Waals surface area contributed by atoms with Crippen molar-refractivity contribution in [2.75, 3.05) is 19.7 Å². The maximum absolute atomic E-state index is 11.5. The molecule has 0 spiro atoms. The molecule has 0 saturated carbocycles. The van der Waals surface area contributed by atoms with E-state index in [-0.39, 0.29) is 17.7 Å². The van der Waals surface area contributed by atoms with Crippen molar-refractivity contribution in [2.45, 2.75) is 52.1 Å². The fourth-order valence-electron chi connectivity index (χ4n) is 2.01. The fourth-order valence-corrected chi connectivity index (χ4v) is 2.01. The average molecular weight is 270 g/mol. The van der Waals surface area contributed by atoms with Crippen LogP contribution in [-0.4, -0.2) is 48.2 Å². The van der Waals surface area contributed by atoms with E-state index in [1.165, 1.54) is 0 Å². The summed E-state index contributed by atoms with van der Waals surface area (Å²) in [6.45, 7) is 9.70. The molecule has 0 aliphatic carbocycles. The van der Waals surface area contributed by atoms with E-state index < -0.39 is 0 Å². The largest absolute Gasteiger partial charge is 0.450 e. The van der Waals surface area contributed by atoms with Gasteiger partial charge in [0.1, 0.15) is 0 Å². The molecule has 0 bridgehead atoms. The van der Waals surface area contributed by atoms with Crippen LogP contribution in [0, 0.1) is 0 Å². The fraction of sp³-hybridized carbons (Fsp3) is 0.846. The Morgan fingerprint density at radius 1 is 1.42 bits per heavy atom. The van der Waals surface area contributed by atoms with Crippen LogP contribution >= 0.6 is 0 Å². The van der Waals surface area contributed by atoms with Gasteiger partial charge in [-0.25, -0.2) is 9.79 Å². The number of aliphatic imine (C=N–C) groups is 1. The Bertz CT molecular complexity index is 328. The number of hydrogen-bond acceptors (Lipinski definition) is 3. The lowest BCUT2D eigenvalue weighted by Gasteiger charge is -2.30. The van der Waals surface area contributed by atoms with Gasteiger partial charge in [-0.05, 0) is 40.5 Å². The molecule has 1 aliphatic heterocycles. The molecule has 0 aromatic rings. The van der Waals surface area contributed by atoms with Gasteiger partial charge in [0.25, 0.3) is 0 Å². The first-order valence-electron chi connectivity index (χ1n) is 6.85. The third-order valence-corrected chi connectivity index (χ3v) is 2.82. The maximum atomic E-state index is 11.5. The normalized spacial score (nSPS) is 18.3. The number of ether oxygens (including phenoxy) is 1. The van der Waals surface area contributed by atoms with Gasteiger partial charge in [0, 0.05) is 18.6 Å². The van der Waals surface area contributed by atoms with Crippen molar-refractivity contribution >= 4 is 12.1 Å². The van der Waals surface area contributed by atoms with Crippen molar-refractivity contribution in [1.29, 1.82) is 0 Å². The minimum atomic E-state index is -0.231. The van der Waals surface area contributed by atoms with Crippen LogP contribution in [-0.2, 0) is 4.74 Å². The highest BCUT2D eigenvalue weighted by Gasteiger charge is 2.23. The summed E-state index contributed by atoms with van der Waals surface area (Å²) in [6.07, 6.45) is 1.42. The maximum Gasteiger partial charge on any atom is 0.409 e. The molecule has 6 nitrogen and oxygen atoms in total. The van der Waals surface area contributed by atoms with E-state index in [0.717, 1.165) is 12.8 Å². The van der Waals surface area contributed by atoms with Gasteiger partial charge < -0.3 is 20.7 Å². The lowest BCUT2D eigenvalue weighted by atomic mass is 10.1. The highest BCUT2D eigenvalue weighted by Crippen LogP contribution is 2.14. The van der Waals surface area contributed by atoms with Crippen LogP contribution in [0.5, 0.6) is 0 Å². The molecular formula is C13H26N4O2. The number of carbonyl (C=O) groups excluding carboxylic acids is 1. The zero-order chi connectivity index (χ0) is 14.5. The smallest absolute Gasteiger partial charge is 0.409 e. The first-order chi connectivity index (χ1) is 8.81. The predicted octanol–water partition coefficient (Wildman–Crippen LogP) is 1.31. The summed E-state index contributed by atoms with van der Waals surface area (Å²) >= 11 is 0. The number of nitrogens with one attached hydrogen (secondary N) is 1. The molecule has 3 N–H and O–H groups in total. The monoisotopic (exact) mass is 270 g/mol. The molecular weight excluding hydrogens is 244 g/mol. The Morgan fingerprint density at radius 2 is 2.00 bits per heavy atom. The van der Waals surface area contributed by atoms with Crippen molar-refractivity contribution < 1.29 is 9.53 Å². The van der Waals surface area contributed by atoms with Gasteiger partial charge in [0.2, 0.25) is 0 Å². The van der Waals surface area contributed by atoms with Gasteiger partial charge in [-0.3, -0.25) is 0 Å². The number of nitrogens with two attached hydrogens (primary N) is 1. The molecule has 0 aromatic heterocycles. The Kier molecular flexibility index (Phi) is 5.44. The molecule has 1 saturated heterocycles. The standard InChI is InChI=1S/C13H26N4O2/c1-5-19-12(18)17-8-6-10(7-9-17)15-11(14)16-13(2,3)4/h10H,5-9H2,1-4H3,(H3,14,15,16). The van der Waals surface area contributed by atoms with Crippen molar-refractivity contribution in [3.05, 3.63) is 0 Å². The second-order valence-electron chi connectivity index (χ2n) is 5.81. The summed E-state index contributed by atoms with van der Waals surface area (Å²) in [4.78, 5) is 17.7. The van der Waals surface area contributed by atoms with Crippen molar-refractivity contribution in [3.8, 4) is 0 Å². The second-order valence-corrected chi connectivity index (χ2v) is 5.81. The molecule has 6 heteroatoms. The van der Waals surface area contributed by atoms with Gasteiger partial charge in [0.15, 0.2) is 5.96 Å². The number of amides is 1. The number of rotatable bonds is 2. The highest BCUT2D eigenvalue weighted by atomic mass is 16.6. The number of piperidine rings is 1. The van der Waals surface area contributed by atoms with E-state index in [1.807, 2.05) is 27.7 Å². The third-order valence-electron chi connectivity index (χ3n) is 2.82. The van der Waals surface area contributed by atoms with E-state index in [1.54, 1.807) is 4.90 Å². The lowest BCUT2D eigenvalue weighted by molar-refractivity contribution is 0.0975. The Labute approximate surface area is 115 Å². The Morgan fingerprint density at radius 3 is 2.47 bits per heavy atom. The Balaban J connectivity index is 2.41. The van der Waals surface area contributed by atoms with Crippen LogP contribution in [0.4, 0.5) is 4.79 Å². The average Bonchev–Trinajstić information content (AvgIpc) is 2.27. The molecule has 110 valence electrons. The van der Waals surface area contributed by atoms with Crippen molar-refractivity contribution in [1.82, 2.24) is 10.2 Å². The summed E-state index contributed by atoms with van der Waals surface area (Å²) in [5, 5.41) is 3.14. The number of carbonyl (C=O) groups is 1. The van der Waals surface area contributed by atoms with E-state index in [0.29, 0.717) is 25.7 Å². The Hall–Kier alpha value is -1.46. The number of likely N-dealkylation sites (tertiary alicyclic amines) is 1. The van der Waals surface area contributed by atoms with Crippen LogP contribution in [0.25, 0.3) is 0 Å². The molecule has 0 aromatic carbocycles. The molecule has 1 amide bonds. The van der Waals surface area contributed by atoms with Gasteiger partial charge in [0.05, 0.1) is 12.6 Å². The summed E-state index contributed by atoms with van der Waals surface area (Å²) in [7, 11) is 0. The molecule has 1 fully saturated rings. The molecule has 1 rings (SSSR count). The van der Waals surface area contributed by atoms with Crippen LogP contribution < -0.4 is 11.1 Å². The summed E-state index contributed by atoms with van der Waals surface area (Å²) in [5.74, 6) is 0.474. The molecule has 19 heavy (non-hydrogen) atoms. The molecule has 1 heterocycles. The van der Waals surface area contributed by atoms with Crippen LogP contribution in [0.15, 0.2) is 4.99 Å². The van der Waals surface area contributed by atoms with E-state index in [4.69, 9.17) is 10.5 Å². The first kappa shape index (κ1) is 15.6. The summed E-state index contributed by atoms with van der Waals surface area (Å²) in [6, 6.07) is 0.181. The quantitative estimate of drug-likeness (QED) is 0.585. The molecule has 0 unspecified atom stereocenters. The molecule has 0 atom stereocenters. The minimum Gasteiger partial charge on any atom is -0.450 e. The number of hydrogen-bond donors (Lipinski definition) is 2. The van der Waals surface area contributed by atoms with Crippen LogP contribution in [0.3, 0.4) is 0 Å². The van der Waals surface area contributed by atoms with E-state index in [2.05, 4.69) is 10.3 Å². The van der Waals surface area contributed by atoms with Crippen LogP contribution in [0.2, 0.25) is 0 Å². The second kappa shape index (κ2) is 6.63. The van der Waals surface area contributed by atoms with Gasteiger partial charge in [-0.1, -0.05) is 0 Å². The third kappa shape index (κ3) is 5.81. The predicted molar refractivity (Wildman–Crippen MR) is 76.1 cm³/mol. The first-order valence-corrected chi connectivity index (χ1v) is 6.85. The molecule has 1 aliphatic rings. The van der Waals surface area contributed by atoms with Crippen molar-refractivity contribution in [2.24, 2.45) is 10.7 Å². The lowest BCUT2D eigenvalue weighted by Crippen LogP contribution is -2.46. The van der Waals surface area contributed by atoms with Crippen molar-refractivity contribution in [3.63, 3.8) is 0 Å². The SMILES string of the molecule is CCOC(=O)N1CCC(N=C(N)NC(C)(C)C)CC1. The highest BCUT2D eigenvalue weighted by molar-refractivity contribution is 5.78. The van der Waals surface area contributed by atoms with Gasteiger partial charge in [-0.2, -0.15) is 0 Å². The van der Waals surface area contributed by atoms with Crippen LogP contribution in [0.1, 0.15) is 40.5 Å². The molecule has 0 radical (unpaired) electrons. The number of guanidine groups is 1.